The fourth-order valence-corrected chi connectivity index (χ4v) is 1.07. The molecular weight excluding hydrogens is 160 g/mol. The van der Waals surface area contributed by atoms with Gasteiger partial charge in [-0.3, -0.25) is 4.79 Å². The van der Waals surface area contributed by atoms with Crippen LogP contribution in [0.25, 0.3) is 0 Å². The molecule has 0 fully saturated rings. The van der Waals surface area contributed by atoms with E-state index in [-0.39, 0.29) is 11.9 Å². The molecule has 4 heteroatoms. The molecule has 0 aromatic carbocycles. The summed E-state index contributed by atoms with van der Waals surface area (Å²) in [6.45, 7) is 2.73. The van der Waals surface area contributed by atoms with Crippen molar-refractivity contribution in [1.82, 2.24) is 5.32 Å². The molecule has 0 aliphatic rings. The van der Waals surface area contributed by atoms with Crippen LogP contribution in [0.5, 0.6) is 0 Å². The number of hydrogen-bond donors (Lipinski definition) is 3. The highest BCUT2D eigenvalue weighted by atomic mass is 32.1. The molecule has 0 saturated heterocycles. The highest BCUT2D eigenvalue weighted by Gasteiger charge is 2.11. The molecule has 1 unspecified atom stereocenters. The van der Waals surface area contributed by atoms with E-state index in [1.807, 2.05) is 6.92 Å². The van der Waals surface area contributed by atoms with Crippen LogP contribution in [-0.2, 0) is 4.79 Å². The number of carbonyl (C=O) groups is 1. The van der Waals surface area contributed by atoms with E-state index in [0.29, 0.717) is 0 Å². The molecule has 0 aliphatic carbocycles. The van der Waals surface area contributed by atoms with Gasteiger partial charge in [-0.1, -0.05) is 6.92 Å². The second-order valence-corrected chi connectivity index (χ2v) is 2.83. The van der Waals surface area contributed by atoms with Gasteiger partial charge in [-0.25, -0.2) is 0 Å². The Bertz CT molecular complexity index is 119. The van der Waals surface area contributed by atoms with Gasteiger partial charge in [0.2, 0.25) is 5.91 Å². The molecule has 11 heavy (non-hydrogen) atoms. The van der Waals surface area contributed by atoms with Gasteiger partial charge in [0, 0.05) is 0 Å². The summed E-state index contributed by atoms with van der Waals surface area (Å²) < 4.78 is 0. The average molecular weight is 176 g/mol. The molecule has 1 atom stereocenters. The molecule has 0 rings (SSSR count). The van der Waals surface area contributed by atoms with Crippen LogP contribution in [-0.4, -0.2) is 24.2 Å². The van der Waals surface area contributed by atoms with E-state index in [1.54, 1.807) is 0 Å². The SMILES string of the molecule is CCNC(CCCS)C(N)=O. The van der Waals surface area contributed by atoms with Crippen LogP contribution in [0, 0.1) is 0 Å². The summed E-state index contributed by atoms with van der Waals surface area (Å²) in [5.74, 6) is 0.531. The summed E-state index contributed by atoms with van der Waals surface area (Å²) >= 11 is 4.05. The van der Waals surface area contributed by atoms with Crippen molar-refractivity contribution in [3.8, 4) is 0 Å². The second-order valence-electron chi connectivity index (χ2n) is 2.38. The molecule has 0 saturated carbocycles. The van der Waals surface area contributed by atoms with Gasteiger partial charge in [-0.15, -0.1) is 0 Å². The van der Waals surface area contributed by atoms with Crippen LogP contribution in [0.4, 0.5) is 0 Å². The van der Waals surface area contributed by atoms with Crippen molar-refractivity contribution in [3.05, 3.63) is 0 Å². The Hall–Kier alpha value is -0.220. The lowest BCUT2D eigenvalue weighted by molar-refractivity contribution is -0.120. The minimum absolute atomic E-state index is 0.174. The van der Waals surface area contributed by atoms with Crippen molar-refractivity contribution in [1.29, 1.82) is 0 Å². The van der Waals surface area contributed by atoms with Gasteiger partial charge in [-0.05, 0) is 25.1 Å². The highest BCUT2D eigenvalue weighted by Crippen LogP contribution is 1.97. The summed E-state index contributed by atoms with van der Waals surface area (Å²) in [7, 11) is 0. The third-order valence-corrected chi connectivity index (χ3v) is 1.76. The molecule has 0 radical (unpaired) electrons. The van der Waals surface area contributed by atoms with Crippen molar-refractivity contribution >= 4 is 18.5 Å². The zero-order valence-electron chi connectivity index (χ0n) is 6.84. The van der Waals surface area contributed by atoms with E-state index in [4.69, 9.17) is 5.73 Å². The quantitative estimate of drug-likeness (QED) is 0.505. The Labute approximate surface area is 73.1 Å². The van der Waals surface area contributed by atoms with E-state index < -0.39 is 0 Å². The van der Waals surface area contributed by atoms with Crippen LogP contribution >= 0.6 is 12.6 Å². The van der Waals surface area contributed by atoms with Gasteiger partial charge < -0.3 is 11.1 Å². The number of carbonyl (C=O) groups excluding carboxylic acids is 1. The highest BCUT2D eigenvalue weighted by molar-refractivity contribution is 7.80. The molecule has 0 bridgehead atoms. The predicted octanol–water partition coefficient (Wildman–Crippen LogP) is 0.160. The maximum atomic E-state index is 10.7. The Morgan fingerprint density at radius 3 is 2.73 bits per heavy atom. The smallest absolute Gasteiger partial charge is 0.234 e. The Kier molecular flexibility index (Phi) is 6.36. The Morgan fingerprint density at radius 2 is 2.36 bits per heavy atom. The minimum Gasteiger partial charge on any atom is -0.368 e. The van der Waals surface area contributed by atoms with Gasteiger partial charge in [0.05, 0.1) is 6.04 Å². The third-order valence-electron chi connectivity index (χ3n) is 1.44. The molecular formula is C7H16N2OS. The zero-order valence-corrected chi connectivity index (χ0v) is 7.73. The normalized spacial score (nSPS) is 12.9. The molecule has 66 valence electrons. The first kappa shape index (κ1) is 10.8. The first-order chi connectivity index (χ1) is 5.22. The number of nitrogens with one attached hydrogen (secondary N) is 1. The summed E-state index contributed by atoms with van der Waals surface area (Å²) in [5.41, 5.74) is 5.14. The van der Waals surface area contributed by atoms with Crippen LogP contribution in [0.15, 0.2) is 0 Å². The maximum absolute atomic E-state index is 10.7. The van der Waals surface area contributed by atoms with Crippen LogP contribution < -0.4 is 11.1 Å². The average Bonchev–Trinajstić information content (AvgIpc) is 1.97. The van der Waals surface area contributed by atoms with Crippen LogP contribution in [0.3, 0.4) is 0 Å². The van der Waals surface area contributed by atoms with Crippen molar-refractivity contribution < 1.29 is 4.79 Å². The van der Waals surface area contributed by atoms with Crippen molar-refractivity contribution in [3.63, 3.8) is 0 Å². The van der Waals surface area contributed by atoms with Gasteiger partial charge in [0.25, 0.3) is 0 Å². The summed E-state index contributed by atoms with van der Waals surface area (Å²) in [5, 5.41) is 3.01. The van der Waals surface area contributed by atoms with Gasteiger partial charge in [0.1, 0.15) is 0 Å². The maximum Gasteiger partial charge on any atom is 0.234 e. The second kappa shape index (κ2) is 6.49. The Morgan fingerprint density at radius 1 is 1.73 bits per heavy atom. The van der Waals surface area contributed by atoms with Gasteiger partial charge >= 0.3 is 0 Å². The number of hydrogen-bond acceptors (Lipinski definition) is 3. The molecule has 0 aliphatic heterocycles. The molecule has 0 spiro atoms. The first-order valence-corrected chi connectivity index (χ1v) is 4.49. The topological polar surface area (TPSA) is 55.1 Å². The number of thiol groups is 1. The summed E-state index contributed by atoms with van der Waals surface area (Å²) in [6.07, 6.45) is 1.70. The fraction of sp³-hybridized carbons (Fsp3) is 0.857. The Balaban J connectivity index is 3.60. The van der Waals surface area contributed by atoms with Gasteiger partial charge in [-0.2, -0.15) is 12.6 Å². The van der Waals surface area contributed by atoms with Crippen molar-refractivity contribution in [2.24, 2.45) is 5.73 Å². The monoisotopic (exact) mass is 176 g/mol. The van der Waals surface area contributed by atoms with Crippen LogP contribution in [0.1, 0.15) is 19.8 Å². The fourth-order valence-electron chi connectivity index (χ4n) is 0.887. The lowest BCUT2D eigenvalue weighted by atomic mass is 10.1. The predicted molar refractivity (Wildman–Crippen MR) is 49.7 cm³/mol. The largest absolute Gasteiger partial charge is 0.368 e. The van der Waals surface area contributed by atoms with E-state index in [1.165, 1.54) is 0 Å². The van der Waals surface area contributed by atoms with E-state index in [0.717, 1.165) is 25.1 Å². The molecule has 1 amide bonds. The summed E-state index contributed by atoms with van der Waals surface area (Å²) in [4.78, 5) is 10.7. The number of primary amides is 1. The number of likely N-dealkylation sites (N-methyl/N-ethyl adjacent to an activating group) is 1. The number of amides is 1. The lowest BCUT2D eigenvalue weighted by Gasteiger charge is -2.12. The number of nitrogens with two attached hydrogens (primary N) is 1. The molecule has 3 nitrogen and oxygen atoms in total. The van der Waals surface area contributed by atoms with Crippen LogP contribution in [0.2, 0.25) is 0 Å². The standard InChI is InChI=1S/C7H16N2OS/c1-2-9-6(7(8)10)4-3-5-11/h6,9,11H,2-5H2,1H3,(H2,8,10). The molecule has 3 N–H and O–H groups in total. The van der Waals surface area contributed by atoms with E-state index >= 15 is 0 Å². The third kappa shape index (κ3) is 5.09. The zero-order chi connectivity index (χ0) is 8.69. The van der Waals surface area contributed by atoms with Crippen molar-refractivity contribution in [2.75, 3.05) is 12.3 Å². The lowest BCUT2D eigenvalue weighted by Crippen LogP contribution is -2.41. The molecule has 0 aromatic heterocycles. The summed E-state index contributed by atoms with van der Waals surface area (Å²) in [6, 6.07) is -0.174. The van der Waals surface area contributed by atoms with E-state index in [9.17, 15) is 4.79 Å². The minimum atomic E-state index is -0.270. The van der Waals surface area contributed by atoms with E-state index in [2.05, 4.69) is 17.9 Å². The number of rotatable bonds is 6. The molecule has 0 aromatic rings. The van der Waals surface area contributed by atoms with Crippen molar-refractivity contribution in [2.45, 2.75) is 25.8 Å². The first-order valence-electron chi connectivity index (χ1n) is 3.86. The molecule has 0 heterocycles. The van der Waals surface area contributed by atoms with Gasteiger partial charge in [0.15, 0.2) is 0 Å².